The number of carbonyl (C=O) groups excluding carboxylic acids is 1. The lowest BCUT2D eigenvalue weighted by atomic mass is 10.1. The van der Waals surface area contributed by atoms with Crippen molar-refractivity contribution in [1.82, 2.24) is 0 Å². The first-order chi connectivity index (χ1) is 10.7. The Morgan fingerprint density at radius 3 is 2.61 bits per heavy atom. The maximum Gasteiger partial charge on any atom is 0.347 e. The summed E-state index contributed by atoms with van der Waals surface area (Å²) < 4.78 is 12.0. The number of ketones is 1. The summed E-state index contributed by atoms with van der Waals surface area (Å²) in [5, 5.41) is 0.682. The van der Waals surface area contributed by atoms with E-state index in [0.717, 1.165) is 0 Å². The molecule has 0 saturated carbocycles. The summed E-state index contributed by atoms with van der Waals surface area (Å²) in [6.07, 6.45) is 3.54. The Hall–Kier alpha value is -2.47. The molecule has 0 spiro atoms. The third-order valence-electron chi connectivity index (χ3n) is 3.35. The number of rotatable bonds is 4. The summed E-state index contributed by atoms with van der Waals surface area (Å²) in [5.41, 5.74) is -0.190. The molecule has 0 unspecified atom stereocenters. The van der Waals surface area contributed by atoms with Crippen LogP contribution >= 0.6 is 0 Å². The topological polar surface area (TPSA) is 60.4 Å². The summed E-state index contributed by atoms with van der Waals surface area (Å²) in [5.74, 6) is 0.303. The fourth-order valence-electron chi connectivity index (χ4n) is 2.20. The molecule has 2 aromatic heterocycles. The molecular formula is C17H14BrNO4. The van der Waals surface area contributed by atoms with Crippen molar-refractivity contribution < 1.29 is 35.5 Å². The Balaban J connectivity index is 0.00000192. The van der Waals surface area contributed by atoms with E-state index in [1.165, 1.54) is 7.11 Å². The van der Waals surface area contributed by atoms with Crippen LogP contribution in [0.4, 0.5) is 0 Å². The van der Waals surface area contributed by atoms with Crippen LogP contribution in [0, 0.1) is 0 Å². The minimum absolute atomic E-state index is 0. The molecule has 118 valence electrons. The van der Waals surface area contributed by atoms with Gasteiger partial charge in [-0.05, 0) is 18.2 Å². The van der Waals surface area contributed by atoms with Gasteiger partial charge in [0.05, 0.1) is 7.11 Å². The highest BCUT2D eigenvalue weighted by Crippen LogP contribution is 2.20. The van der Waals surface area contributed by atoms with E-state index >= 15 is 0 Å². The van der Waals surface area contributed by atoms with Crippen molar-refractivity contribution >= 4 is 16.8 Å². The third kappa shape index (κ3) is 3.65. The Morgan fingerprint density at radius 2 is 1.91 bits per heavy atom. The van der Waals surface area contributed by atoms with Gasteiger partial charge in [0.25, 0.3) is 0 Å². The van der Waals surface area contributed by atoms with Gasteiger partial charge in [0, 0.05) is 23.6 Å². The number of aromatic nitrogens is 1. The van der Waals surface area contributed by atoms with Crippen LogP contribution in [0.5, 0.6) is 5.75 Å². The first-order valence-electron chi connectivity index (χ1n) is 6.76. The van der Waals surface area contributed by atoms with Gasteiger partial charge in [-0.25, -0.2) is 4.79 Å². The van der Waals surface area contributed by atoms with E-state index < -0.39 is 5.63 Å². The molecule has 0 radical (unpaired) electrons. The fourth-order valence-corrected chi connectivity index (χ4v) is 2.20. The maximum atomic E-state index is 12.3. The molecular weight excluding hydrogens is 362 g/mol. The van der Waals surface area contributed by atoms with Crippen LogP contribution in [0.1, 0.15) is 10.4 Å². The Morgan fingerprint density at radius 1 is 1.17 bits per heavy atom. The van der Waals surface area contributed by atoms with Crippen LogP contribution in [-0.4, -0.2) is 12.9 Å². The molecule has 3 aromatic rings. The number of hydrogen-bond donors (Lipinski definition) is 0. The Labute approximate surface area is 142 Å². The molecule has 0 amide bonds. The Bertz CT molecular complexity index is 890. The quantitative estimate of drug-likeness (QED) is 0.332. The van der Waals surface area contributed by atoms with Crippen molar-refractivity contribution in [2.45, 2.75) is 6.54 Å². The second-order valence-electron chi connectivity index (χ2n) is 4.82. The van der Waals surface area contributed by atoms with E-state index in [-0.39, 0.29) is 34.9 Å². The lowest BCUT2D eigenvalue weighted by Gasteiger charge is -2.03. The second kappa shape index (κ2) is 7.19. The number of carbonyl (C=O) groups is 1. The van der Waals surface area contributed by atoms with Gasteiger partial charge in [-0.2, -0.15) is 4.57 Å². The molecule has 3 rings (SSSR count). The molecule has 0 aliphatic heterocycles. The number of ether oxygens (including phenoxy) is 1. The molecule has 23 heavy (non-hydrogen) atoms. The molecule has 0 bridgehead atoms. The smallest absolute Gasteiger partial charge is 0.347 e. The van der Waals surface area contributed by atoms with Gasteiger partial charge < -0.3 is 26.1 Å². The van der Waals surface area contributed by atoms with E-state index in [1.54, 1.807) is 41.2 Å². The van der Waals surface area contributed by atoms with E-state index in [4.69, 9.17) is 9.15 Å². The average Bonchev–Trinajstić information content (AvgIpc) is 2.54. The number of pyridine rings is 1. The monoisotopic (exact) mass is 375 g/mol. The highest BCUT2D eigenvalue weighted by molar-refractivity contribution is 5.97. The zero-order chi connectivity index (χ0) is 15.5. The number of hydrogen-bond acceptors (Lipinski definition) is 4. The summed E-state index contributed by atoms with van der Waals surface area (Å²) in [7, 11) is 1.54. The molecule has 0 saturated heterocycles. The predicted molar refractivity (Wildman–Crippen MR) is 80.0 cm³/mol. The van der Waals surface area contributed by atoms with Crippen molar-refractivity contribution in [1.29, 1.82) is 0 Å². The lowest BCUT2D eigenvalue weighted by Crippen LogP contribution is -3.00. The van der Waals surface area contributed by atoms with Crippen molar-refractivity contribution in [3.8, 4) is 5.75 Å². The number of methoxy groups -OCH3 is 1. The van der Waals surface area contributed by atoms with Gasteiger partial charge in [0.2, 0.25) is 12.3 Å². The van der Waals surface area contributed by atoms with Gasteiger partial charge in [-0.15, -0.1) is 0 Å². The highest BCUT2D eigenvalue weighted by atomic mass is 79.9. The number of benzene rings is 1. The predicted octanol–water partition coefficient (Wildman–Crippen LogP) is -1.02. The normalized spacial score (nSPS) is 10.1. The molecule has 0 fully saturated rings. The number of nitrogens with zero attached hydrogens (tertiary/aromatic N) is 1. The number of fused-ring (bicyclic) bond motifs is 1. The van der Waals surface area contributed by atoms with Crippen LogP contribution in [0.2, 0.25) is 0 Å². The SMILES string of the molecule is COc1ccc2cc(C(=O)C[n+]3ccccc3)c(=O)oc2c1.[Br-]. The van der Waals surface area contributed by atoms with Crippen molar-refractivity contribution in [2.24, 2.45) is 0 Å². The molecule has 5 nitrogen and oxygen atoms in total. The summed E-state index contributed by atoms with van der Waals surface area (Å²) in [4.78, 5) is 24.3. The third-order valence-corrected chi connectivity index (χ3v) is 3.35. The fraction of sp³-hybridized carbons (Fsp3) is 0.118. The molecule has 6 heteroatoms. The van der Waals surface area contributed by atoms with E-state index in [0.29, 0.717) is 16.7 Å². The van der Waals surface area contributed by atoms with Crippen LogP contribution in [-0.2, 0) is 6.54 Å². The Kier molecular flexibility index (Phi) is 5.28. The van der Waals surface area contributed by atoms with Crippen LogP contribution in [0.15, 0.2) is 64.1 Å². The van der Waals surface area contributed by atoms with Crippen LogP contribution < -0.4 is 31.9 Å². The standard InChI is InChI=1S/C17H14NO4.BrH/c1-21-13-6-5-12-9-14(17(20)22-16(12)10-13)15(19)11-18-7-3-2-4-8-18;/h2-10H,11H2,1H3;1H/q+1;/p-1. The lowest BCUT2D eigenvalue weighted by molar-refractivity contribution is -0.683. The summed E-state index contributed by atoms with van der Waals surface area (Å²) in [6, 6.07) is 12.2. The molecule has 0 aliphatic carbocycles. The largest absolute Gasteiger partial charge is 1.00 e. The van der Waals surface area contributed by atoms with Gasteiger partial charge in [-0.3, -0.25) is 4.79 Å². The van der Waals surface area contributed by atoms with E-state index in [1.807, 2.05) is 18.2 Å². The maximum absolute atomic E-state index is 12.3. The second-order valence-corrected chi connectivity index (χ2v) is 4.82. The first kappa shape index (κ1) is 16.9. The van der Waals surface area contributed by atoms with Crippen molar-refractivity contribution in [2.75, 3.05) is 7.11 Å². The van der Waals surface area contributed by atoms with E-state index in [2.05, 4.69) is 0 Å². The number of halogens is 1. The van der Waals surface area contributed by atoms with Crippen LogP contribution in [0.3, 0.4) is 0 Å². The summed E-state index contributed by atoms with van der Waals surface area (Å²) >= 11 is 0. The highest BCUT2D eigenvalue weighted by Gasteiger charge is 2.17. The number of Topliss-reactive ketones (excluding diaryl/α,β-unsaturated/α-hetero) is 1. The van der Waals surface area contributed by atoms with Gasteiger partial charge >= 0.3 is 5.63 Å². The average molecular weight is 376 g/mol. The van der Waals surface area contributed by atoms with E-state index in [9.17, 15) is 9.59 Å². The van der Waals surface area contributed by atoms with Crippen molar-refractivity contribution in [3.05, 3.63) is 70.8 Å². The minimum atomic E-state index is -0.637. The molecule has 2 heterocycles. The minimum Gasteiger partial charge on any atom is -1.00 e. The zero-order valence-electron chi connectivity index (χ0n) is 12.4. The molecule has 0 N–H and O–H groups in total. The molecule has 0 aliphatic rings. The zero-order valence-corrected chi connectivity index (χ0v) is 13.9. The molecule has 1 aromatic carbocycles. The van der Waals surface area contributed by atoms with Gasteiger partial charge in [-0.1, -0.05) is 6.07 Å². The van der Waals surface area contributed by atoms with Crippen molar-refractivity contribution in [3.63, 3.8) is 0 Å². The van der Waals surface area contributed by atoms with Gasteiger partial charge in [0.1, 0.15) is 16.9 Å². The van der Waals surface area contributed by atoms with Crippen LogP contribution in [0.25, 0.3) is 11.0 Å². The first-order valence-corrected chi connectivity index (χ1v) is 6.76. The molecule has 0 atom stereocenters. The summed E-state index contributed by atoms with van der Waals surface area (Å²) in [6.45, 7) is 0.0905. The van der Waals surface area contributed by atoms with Gasteiger partial charge in [0.15, 0.2) is 12.4 Å².